The molecule has 0 saturated heterocycles. The van der Waals surface area contributed by atoms with Crippen LogP contribution < -0.4 is 16.0 Å². The molecule has 0 unspecified atom stereocenters. The summed E-state index contributed by atoms with van der Waals surface area (Å²) in [7, 11) is -3.61. The fraction of sp³-hybridized carbons (Fsp3) is 0.333. The SMILES string of the molecule is NNc1ccncc1S(=O)(=O)NCCCCn1ccnc1. The maximum Gasteiger partial charge on any atom is 0.244 e. The number of aryl methyl sites for hydroxylation is 1. The minimum Gasteiger partial charge on any atom is -0.337 e. The lowest BCUT2D eigenvalue weighted by molar-refractivity contribution is 0.566. The third kappa shape index (κ3) is 4.25. The lowest BCUT2D eigenvalue weighted by Gasteiger charge is -2.10. The van der Waals surface area contributed by atoms with Gasteiger partial charge in [-0.2, -0.15) is 0 Å². The van der Waals surface area contributed by atoms with Crippen LogP contribution in [-0.4, -0.2) is 29.5 Å². The number of nitrogens with zero attached hydrogens (tertiary/aromatic N) is 3. The molecule has 0 atom stereocenters. The van der Waals surface area contributed by atoms with Gasteiger partial charge in [-0.05, 0) is 18.9 Å². The van der Waals surface area contributed by atoms with E-state index in [1.807, 2.05) is 10.8 Å². The van der Waals surface area contributed by atoms with Gasteiger partial charge in [-0.3, -0.25) is 10.8 Å². The second-order valence-electron chi connectivity index (χ2n) is 4.42. The number of rotatable bonds is 8. The number of unbranched alkanes of at least 4 members (excludes halogenated alkanes) is 1. The highest BCUT2D eigenvalue weighted by Gasteiger charge is 2.17. The number of pyridine rings is 1. The Morgan fingerprint density at radius 1 is 1.24 bits per heavy atom. The predicted octanol–water partition coefficient (Wildman–Crippen LogP) is 0.322. The summed E-state index contributed by atoms with van der Waals surface area (Å²) < 4.78 is 28.8. The van der Waals surface area contributed by atoms with E-state index < -0.39 is 10.0 Å². The largest absolute Gasteiger partial charge is 0.337 e. The molecule has 0 bridgehead atoms. The average molecular weight is 310 g/mol. The van der Waals surface area contributed by atoms with Crippen molar-refractivity contribution < 1.29 is 8.42 Å². The zero-order valence-electron chi connectivity index (χ0n) is 11.4. The highest BCUT2D eigenvalue weighted by Crippen LogP contribution is 2.17. The van der Waals surface area contributed by atoms with E-state index in [2.05, 4.69) is 20.1 Å². The number of hydrogen-bond donors (Lipinski definition) is 3. The molecule has 0 aromatic carbocycles. The number of anilines is 1. The van der Waals surface area contributed by atoms with Gasteiger partial charge in [0, 0.05) is 37.9 Å². The van der Waals surface area contributed by atoms with Crippen molar-refractivity contribution in [2.45, 2.75) is 24.3 Å². The number of sulfonamides is 1. The van der Waals surface area contributed by atoms with E-state index in [0.717, 1.165) is 19.4 Å². The molecule has 9 heteroatoms. The Bertz CT molecular complexity index is 656. The molecule has 0 fully saturated rings. The number of hydrazine groups is 1. The maximum absolute atomic E-state index is 12.1. The molecular formula is C12H18N6O2S. The van der Waals surface area contributed by atoms with Crippen LogP contribution in [0.5, 0.6) is 0 Å². The van der Waals surface area contributed by atoms with Crippen LogP contribution in [0.15, 0.2) is 42.1 Å². The molecule has 2 aromatic heterocycles. The van der Waals surface area contributed by atoms with Gasteiger partial charge >= 0.3 is 0 Å². The fourth-order valence-corrected chi connectivity index (χ4v) is 3.02. The Morgan fingerprint density at radius 3 is 2.81 bits per heavy atom. The van der Waals surface area contributed by atoms with Crippen LogP contribution in [0.4, 0.5) is 5.69 Å². The van der Waals surface area contributed by atoms with Gasteiger partial charge in [-0.1, -0.05) is 0 Å². The summed E-state index contributed by atoms with van der Waals surface area (Å²) in [5.74, 6) is 5.30. The molecule has 0 amide bonds. The first-order chi connectivity index (χ1) is 10.1. The minimum absolute atomic E-state index is 0.0436. The van der Waals surface area contributed by atoms with Crippen LogP contribution in [0.2, 0.25) is 0 Å². The van der Waals surface area contributed by atoms with Crippen LogP contribution in [0.25, 0.3) is 0 Å². The summed E-state index contributed by atoms with van der Waals surface area (Å²) in [6.07, 6.45) is 9.64. The second-order valence-corrected chi connectivity index (χ2v) is 6.16. The standard InChI is InChI=1S/C12H18N6O2S/c13-17-11-3-5-14-9-12(11)21(19,20)16-4-1-2-7-18-8-6-15-10-18/h3,5-6,8-10,16H,1-2,4,7,13H2,(H,14,17). The van der Waals surface area contributed by atoms with E-state index in [1.54, 1.807) is 12.5 Å². The Kier molecular flexibility index (Phi) is 5.26. The van der Waals surface area contributed by atoms with E-state index in [9.17, 15) is 8.42 Å². The first kappa shape index (κ1) is 15.4. The van der Waals surface area contributed by atoms with Crippen LogP contribution >= 0.6 is 0 Å². The van der Waals surface area contributed by atoms with Crippen molar-refractivity contribution >= 4 is 15.7 Å². The molecule has 0 radical (unpaired) electrons. The summed E-state index contributed by atoms with van der Waals surface area (Å²) in [6, 6.07) is 1.51. The quantitative estimate of drug-likeness (QED) is 0.367. The lowest BCUT2D eigenvalue weighted by atomic mass is 10.3. The molecule has 0 aliphatic heterocycles. The molecule has 0 aliphatic rings. The van der Waals surface area contributed by atoms with Crippen LogP contribution in [0.1, 0.15) is 12.8 Å². The molecule has 2 rings (SSSR count). The summed E-state index contributed by atoms with van der Waals surface area (Å²) >= 11 is 0. The first-order valence-electron chi connectivity index (χ1n) is 6.49. The van der Waals surface area contributed by atoms with Gasteiger partial charge < -0.3 is 9.99 Å². The van der Waals surface area contributed by atoms with E-state index in [4.69, 9.17) is 5.84 Å². The molecule has 4 N–H and O–H groups in total. The second kappa shape index (κ2) is 7.16. The van der Waals surface area contributed by atoms with Crippen LogP contribution in [0.3, 0.4) is 0 Å². The molecule has 2 heterocycles. The molecule has 0 aliphatic carbocycles. The smallest absolute Gasteiger partial charge is 0.244 e. The lowest BCUT2D eigenvalue weighted by Crippen LogP contribution is -2.26. The molecule has 8 nitrogen and oxygen atoms in total. The number of nitrogen functional groups attached to an aromatic ring is 1. The predicted molar refractivity (Wildman–Crippen MR) is 78.7 cm³/mol. The van der Waals surface area contributed by atoms with Gasteiger partial charge in [-0.15, -0.1) is 0 Å². The third-order valence-corrected chi connectivity index (χ3v) is 4.41. The Balaban J connectivity index is 1.84. The summed E-state index contributed by atoms with van der Waals surface area (Å²) in [4.78, 5) is 7.80. The Labute approximate surface area is 123 Å². The van der Waals surface area contributed by atoms with E-state index in [1.165, 1.54) is 18.5 Å². The third-order valence-electron chi connectivity index (χ3n) is 2.92. The zero-order chi connectivity index (χ0) is 15.1. The highest BCUT2D eigenvalue weighted by molar-refractivity contribution is 7.89. The van der Waals surface area contributed by atoms with Gasteiger partial charge in [0.05, 0.1) is 12.0 Å². The molecule has 2 aromatic rings. The number of nitrogens with two attached hydrogens (primary N) is 1. The number of hydrogen-bond acceptors (Lipinski definition) is 6. The van der Waals surface area contributed by atoms with Crippen molar-refractivity contribution in [3.8, 4) is 0 Å². The van der Waals surface area contributed by atoms with Crippen molar-refractivity contribution in [2.75, 3.05) is 12.0 Å². The monoisotopic (exact) mass is 310 g/mol. The molecule has 0 saturated carbocycles. The summed E-state index contributed by atoms with van der Waals surface area (Å²) in [6.45, 7) is 1.17. The van der Waals surface area contributed by atoms with E-state index >= 15 is 0 Å². The van der Waals surface area contributed by atoms with Crippen molar-refractivity contribution in [1.29, 1.82) is 0 Å². The van der Waals surface area contributed by atoms with E-state index in [-0.39, 0.29) is 4.90 Å². The molecule has 114 valence electrons. The normalized spacial score (nSPS) is 11.5. The molecular weight excluding hydrogens is 292 g/mol. The van der Waals surface area contributed by atoms with Gasteiger partial charge in [-0.25, -0.2) is 18.1 Å². The van der Waals surface area contributed by atoms with Gasteiger partial charge in [0.15, 0.2) is 0 Å². The number of aromatic nitrogens is 3. The fourth-order valence-electron chi connectivity index (χ4n) is 1.84. The summed E-state index contributed by atoms with van der Waals surface area (Å²) in [5.41, 5.74) is 2.67. The maximum atomic E-state index is 12.1. The highest BCUT2D eigenvalue weighted by atomic mass is 32.2. The van der Waals surface area contributed by atoms with Gasteiger partial charge in [0.2, 0.25) is 10.0 Å². The average Bonchev–Trinajstić information content (AvgIpc) is 3.00. The zero-order valence-corrected chi connectivity index (χ0v) is 12.3. The minimum atomic E-state index is -3.61. The Morgan fingerprint density at radius 2 is 2.10 bits per heavy atom. The van der Waals surface area contributed by atoms with Gasteiger partial charge in [0.25, 0.3) is 0 Å². The van der Waals surface area contributed by atoms with Crippen molar-refractivity contribution in [1.82, 2.24) is 19.3 Å². The van der Waals surface area contributed by atoms with Crippen LogP contribution in [0, 0.1) is 0 Å². The van der Waals surface area contributed by atoms with Crippen molar-refractivity contribution in [3.63, 3.8) is 0 Å². The van der Waals surface area contributed by atoms with Gasteiger partial charge in [0.1, 0.15) is 4.90 Å². The molecule has 0 spiro atoms. The first-order valence-corrected chi connectivity index (χ1v) is 7.98. The van der Waals surface area contributed by atoms with Crippen molar-refractivity contribution in [3.05, 3.63) is 37.2 Å². The molecule has 21 heavy (non-hydrogen) atoms. The number of nitrogens with one attached hydrogen (secondary N) is 2. The number of imidazole rings is 1. The van der Waals surface area contributed by atoms with E-state index in [0.29, 0.717) is 12.2 Å². The Hall–Kier alpha value is -1.97. The topological polar surface area (TPSA) is 115 Å². The van der Waals surface area contributed by atoms with Crippen molar-refractivity contribution in [2.24, 2.45) is 5.84 Å². The summed E-state index contributed by atoms with van der Waals surface area (Å²) in [5, 5.41) is 0. The van der Waals surface area contributed by atoms with Crippen LogP contribution in [-0.2, 0) is 16.6 Å².